The van der Waals surface area contributed by atoms with Crippen molar-refractivity contribution in [2.45, 2.75) is 53.4 Å². The van der Waals surface area contributed by atoms with Gasteiger partial charge in [-0.1, -0.05) is 53.4 Å². The number of hydrogen-bond donors (Lipinski definition) is 0. The molecule has 0 heterocycles. The standard InChI is InChI=1S/C5H10.C5H12/c1-5-3-2-4-5;1-4-5(2)3/h5H,2-4H2,1H3;5H,4H2,1-3H3. The molecule has 1 rings (SSSR count). The third-order valence-electron chi connectivity index (χ3n) is 2.21. The Morgan fingerprint density at radius 2 is 1.60 bits per heavy atom. The van der Waals surface area contributed by atoms with Crippen molar-refractivity contribution < 1.29 is 0 Å². The second-order valence-corrected chi connectivity index (χ2v) is 3.84. The summed E-state index contributed by atoms with van der Waals surface area (Å²) >= 11 is 0. The van der Waals surface area contributed by atoms with E-state index in [-0.39, 0.29) is 0 Å². The molecule has 0 atom stereocenters. The molecule has 0 unspecified atom stereocenters. The third kappa shape index (κ3) is 6.12. The zero-order chi connectivity index (χ0) is 7.98. The van der Waals surface area contributed by atoms with Crippen molar-refractivity contribution in [3.8, 4) is 0 Å². The fourth-order valence-corrected chi connectivity index (χ4v) is 0.612. The highest BCUT2D eigenvalue weighted by atomic mass is 14.1. The summed E-state index contributed by atoms with van der Waals surface area (Å²) in [4.78, 5) is 0. The van der Waals surface area contributed by atoms with Crippen molar-refractivity contribution in [1.29, 1.82) is 0 Å². The monoisotopic (exact) mass is 142 g/mol. The van der Waals surface area contributed by atoms with Crippen LogP contribution in [0.5, 0.6) is 0 Å². The lowest BCUT2D eigenvalue weighted by atomic mass is 9.88. The van der Waals surface area contributed by atoms with Crippen LogP contribution in [0.2, 0.25) is 0 Å². The van der Waals surface area contributed by atoms with Gasteiger partial charge in [0.1, 0.15) is 0 Å². The van der Waals surface area contributed by atoms with Crippen LogP contribution in [0.4, 0.5) is 0 Å². The van der Waals surface area contributed by atoms with E-state index >= 15 is 0 Å². The van der Waals surface area contributed by atoms with Crippen LogP contribution in [-0.4, -0.2) is 0 Å². The van der Waals surface area contributed by atoms with Gasteiger partial charge in [0.2, 0.25) is 0 Å². The molecule has 0 spiro atoms. The van der Waals surface area contributed by atoms with E-state index in [1.807, 2.05) is 0 Å². The van der Waals surface area contributed by atoms with Crippen molar-refractivity contribution in [2.75, 3.05) is 0 Å². The van der Waals surface area contributed by atoms with E-state index in [0.29, 0.717) is 0 Å². The molecule has 62 valence electrons. The van der Waals surface area contributed by atoms with Gasteiger partial charge in [0.15, 0.2) is 0 Å². The van der Waals surface area contributed by atoms with Crippen molar-refractivity contribution in [3.63, 3.8) is 0 Å². The molecule has 0 bridgehead atoms. The van der Waals surface area contributed by atoms with Crippen LogP contribution in [0, 0.1) is 11.8 Å². The predicted octanol–water partition coefficient (Wildman–Crippen LogP) is 3.86. The Labute approximate surface area is 66.0 Å². The molecule has 1 aliphatic rings. The molecule has 0 radical (unpaired) electrons. The van der Waals surface area contributed by atoms with Crippen LogP contribution in [0.15, 0.2) is 0 Å². The highest BCUT2D eigenvalue weighted by Gasteiger charge is 2.09. The molecule has 0 nitrogen and oxygen atoms in total. The Hall–Kier alpha value is 0. The minimum absolute atomic E-state index is 0.884. The van der Waals surface area contributed by atoms with Crippen molar-refractivity contribution in [3.05, 3.63) is 0 Å². The lowest BCUT2D eigenvalue weighted by Crippen LogP contribution is -2.04. The van der Waals surface area contributed by atoms with Crippen LogP contribution in [0.1, 0.15) is 53.4 Å². The molecule has 0 heteroatoms. The third-order valence-corrected chi connectivity index (χ3v) is 2.21. The molecule has 0 aliphatic heterocycles. The van der Waals surface area contributed by atoms with Gasteiger partial charge in [0, 0.05) is 0 Å². The van der Waals surface area contributed by atoms with E-state index in [2.05, 4.69) is 27.7 Å². The first-order valence-electron chi connectivity index (χ1n) is 4.66. The Bertz CT molecular complexity index is 56.4. The molecule has 1 aliphatic carbocycles. The van der Waals surface area contributed by atoms with E-state index < -0.39 is 0 Å². The van der Waals surface area contributed by atoms with E-state index in [1.54, 1.807) is 0 Å². The lowest BCUT2D eigenvalue weighted by Gasteiger charge is -2.18. The predicted molar refractivity (Wildman–Crippen MR) is 48.1 cm³/mol. The average molecular weight is 142 g/mol. The van der Waals surface area contributed by atoms with Gasteiger partial charge < -0.3 is 0 Å². The van der Waals surface area contributed by atoms with E-state index in [1.165, 1.54) is 25.7 Å². The second-order valence-electron chi connectivity index (χ2n) is 3.84. The quantitative estimate of drug-likeness (QED) is 0.521. The minimum atomic E-state index is 0.884. The van der Waals surface area contributed by atoms with Crippen LogP contribution < -0.4 is 0 Å². The van der Waals surface area contributed by atoms with Gasteiger partial charge in [-0.15, -0.1) is 0 Å². The van der Waals surface area contributed by atoms with Gasteiger partial charge >= 0.3 is 0 Å². The Morgan fingerprint density at radius 1 is 1.30 bits per heavy atom. The molecule has 0 aromatic carbocycles. The van der Waals surface area contributed by atoms with Gasteiger partial charge in [-0.2, -0.15) is 0 Å². The maximum absolute atomic E-state index is 2.31. The number of rotatable bonds is 1. The van der Waals surface area contributed by atoms with Crippen molar-refractivity contribution in [2.24, 2.45) is 11.8 Å². The highest BCUT2D eigenvalue weighted by Crippen LogP contribution is 2.24. The maximum atomic E-state index is 2.31. The fourth-order valence-electron chi connectivity index (χ4n) is 0.612. The Balaban J connectivity index is 0.000000162. The Morgan fingerprint density at radius 3 is 1.60 bits per heavy atom. The van der Waals surface area contributed by atoms with Gasteiger partial charge in [0.25, 0.3) is 0 Å². The lowest BCUT2D eigenvalue weighted by molar-refractivity contribution is 0.346. The van der Waals surface area contributed by atoms with E-state index in [0.717, 1.165) is 11.8 Å². The molecule has 0 aromatic heterocycles. The molecule has 1 fully saturated rings. The molecule has 0 saturated heterocycles. The molecular weight excluding hydrogens is 120 g/mol. The molecule has 10 heavy (non-hydrogen) atoms. The zero-order valence-corrected chi connectivity index (χ0v) is 7.98. The minimum Gasteiger partial charge on any atom is -0.0651 e. The second kappa shape index (κ2) is 5.76. The smallest absolute Gasteiger partial charge is 0.0443 e. The Kier molecular flexibility index (Phi) is 5.76. The van der Waals surface area contributed by atoms with Gasteiger partial charge in [0.05, 0.1) is 0 Å². The fraction of sp³-hybridized carbons (Fsp3) is 1.00. The maximum Gasteiger partial charge on any atom is -0.0443 e. The first-order valence-corrected chi connectivity index (χ1v) is 4.66. The molecule has 0 N–H and O–H groups in total. The van der Waals surface area contributed by atoms with Gasteiger partial charge in [-0.25, -0.2) is 0 Å². The highest BCUT2D eigenvalue weighted by molar-refractivity contribution is 4.62. The van der Waals surface area contributed by atoms with Crippen LogP contribution in [-0.2, 0) is 0 Å². The summed E-state index contributed by atoms with van der Waals surface area (Å²) in [6.45, 7) is 8.95. The van der Waals surface area contributed by atoms with Crippen LogP contribution in [0.25, 0.3) is 0 Å². The summed E-state index contributed by atoms with van der Waals surface area (Å²) in [5, 5.41) is 0. The summed E-state index contributed by atoms with van der Waals surface area (Å²) in [7, 11) is 0. The molecule has 0 amide bonds. The largest absolute Gasteiger partial charge is 0.0651 e. The summed E-state index contributed by atoms with van der Waals surface area (Å²) in [6, 6.07) is 0. The molecular formula is C10H22. The van der Waals surface area contributed by atoms with E-state index in [4.69, 9.17) is 0 Å². The normalized spacial score (nSPS) is 17.7. The SMILES string of the molecule is CC1CCC1.CCC(C)C. The van der Waals surface area contributed by atoms with Gasteiger partial charge in [-0.3, -0.25) is 0 Å². The summed E-state index contributed by atoms with van der Waals surface area (Å²) in [6.07, 6.45) is 5.77. The topological polar surface area (TPSA) is 0 Å². The number of hydrogen-bond acceptors (Lipinski definition) is 0. The zero-order valence-electron chi connectivity index (χ0n) is 7.98. The molecule has 0 aromatic rings. The van der Waals surface area contributed by atoms with Crippen LogP contribution in [0.3, 0.4) is 0 Å². The summed E-state index contributed by atoms with van der Waals surface area (Å²) < 4.78 is 0. The summed E-state index contributed by atoms with van der Waals surface area (Å²) in [5.74, 6) is 1.95. The van der Waals surface area contributed by atoms with Crippen LogP contribution >= 0.6 is 0 Å². The summed E-state index contributed by atoms with van der Waals surface area (Å²) in [5.41, 5.74) is 0. The van der Waals surface area contributed by atoms with E-state index in [9.17, 15) is 0 Å². The average Bonchev–Trinajstić information content (AvgIpc) is 1.85. The first-order chi connectivity index (χ1) is 4.66. The van der Waals surface area contributed by atoms with Gasteiger partial charge in [-0.05, 0) is 11.8 Å². The first kappa shape index (κ1) is 10.0. The molecule has 1 saturated carbocycles. The van der Waals surface area contributed by atoms with Crippen molar-refractivity contribution in [1.82, 2.24) is 0 Å². The van der Waals surface area contributed by atoms with Crippen molar-refractivity contribution >= 4 is 0 Å².